The quantitative estimate of drug-likeness (QED) is 0.460. The van der Waals surface area contributed by atoms with Gasteiger partial charge in [-0.15, -0.1) is 11.3 Å². The monoisotopic (exact) mass is 468 g/mol. The third-order valence-electron chi connectivity index (χ3n) is 5.81. The number of oxazole rings is 1. The number of nitrogens with one attached hydrogen (secondary N) is 1. The Bertz CT molecular complexity index is 1360. The number of likely N-dealkylation sites (tertiary alicyclic amines) is 1. The maximum atomic E-state index is 13.5. The first-order chi connectivity index (χ1) is 15.5. The molecule has 1 fully saturated rings. The Morgan fingerprint density at radius 1 is 1.34 bits per heavy atom. The first-order valence-electron chi connectivity index (χ1n) is 10.5. The number of aromatic amines is 1. The lowest BCUT2D eigenvalue weighted by Crippen LogP contribution is -2.38. The van der Waals surface area contributed by atoms with Gasteiger partial charge in [-0.2, -0.15) is 0 Å². The zero-order valence-corrected chi connectivity index (χ0v) is 19.0. The van der Waals surface area contributed by atoms with Gasteiger partial charge in [-0.1, -0.05) is 23.7 Å². The van der Waals surface area contributed by atoms with Crippen LogP contribution in [0.2, 0.25) is 5.02 Å². The number of benzene rings is 1. The summed E-state index contributed by atoms with van der Waals surface area (Å²) in [6, 6.07) is 7.40. The molecule has 1 aliphatic heterocycles. The average molecular weight is 469 g/mol. The number of hydrogen-bond donors (Lipinski definition) is 1. The summed E-state index contributed by atoms with van der Waals surface area (Å²) in [4.78, 5) is 40.0. The fraction of sp³-hybridized carbons (Fsp3) is 0.304. The Morgan fingerprint density at radius 3 is 3.03 bits per heavy atom. The topological polar surface area (TPSA) is 92.1 Å². The predicted molar refractivity (Wildman–Crippen MR) is 123 cm³/mol. The zero-order valence-electron chi connectivity index (χ0n) is 17.4. The molecule has 9 heteroatoms. The Hall–Kier alpha value is -2.97. The van der Waals surface area contributed by atoms with Crippen molar-refractivity contribution in [1.82, 2.24) is 19.9 Å². The third kappa shape index (κ3) is 3.84. The number of aryl methyl sites for hydroxylation is 1. The SMILES string of the molecule is Cc1c(C(=O)N2CCCC[C@@H]2c2ncc(Cc3cccc(Cl)c3)o2)sc2nc[nH]c(=O)c12. The second-order valence-corrected chi connectivity index (χ2v) is 9.39. The van der Waals surface area contributed by atoms with E-state index in [4.69, 9.17) is 16.0 Å². The number of rotatable bonds is 4. The lowest BCUT2D eigenvalue weighted by molar-refractivity contribution is 0.0574. The Balaban J connectivity index is 1.43. The number of thiophene rings is 1. The number of H-pyrrole nitrogens is 1. The van der Waals surface area contributed by atoms with Crippen LogP contribution < -0.4 is 5.56 Å². The molecule has 1 aromatic carbocycles. The first kappa shape index (κ1) is 20.9. The normalized spacial score (nSPS) is 16.6. The number of carbonyl (C=O) groups excluding carboxylic acids is 1. The van der Waals surface area contributed by atoms with Crippen molar-refractivity contribution in [2.24, 2.45) is 0 Å². The van der Waals surface area contributed by atoms with Crippen LogP contribution in [0.5, 0.6) is 0 Å². The molecule has 4 aromatic rings. The number of carbonyl (C=O) groups is 1. The summed E-state index contributed by atoms with van der Waals surface area (Å²) in [6.07, 6.45) is 6.37. The Kier molecular flexibility index (Phi) is 5.57. The van der Waals surface area contributed by atoms with E-state index in [0.29, 0.717) is 44.5 Å². The second-order valence-electron chi connectivity index (χ2n) is 7.95. The predicted octanol–water partition coefficient (Wildman–Crippen LogP) is 4.89. The molecule has 0 radical (unpaired) electrons. The number of halogens is 1. The number of hydrogen-bond acceptors (Lipinski definition) is 6. The van der Waals surface area contributed by atoms with Crippen LogP contribution in [-0.4, -0.2) is 32.3 Å². The van der Waals surface area contributed by atoms with Gasteiger partial charge < -0.3 is 14.3 Å². The van der Waals surface area contributed by atoms with E-state index < -0.39 is 0 Å². The summed E-state index contributed by atoms with van der Waals surface area (Å²) in [5, 5.41) is 1.16. The van der Waals surface area contributed by atoms with E-state index in [1.54, 1.807) is 13.1 Å². The number of nitrogens with zero attached hydrogens (tertiary/aromatic N) is 3. The lowest BCUT2D eigenvalue weighted by Gasteiger charge is -2.33. The maximum absolute atomic E-state index is 13.5. The average Bonchev–Trinajstić information content (AvgIpc) is 3.38. The minimum Gasteiger partial charge on any atom is -0.443 e. The van der Waals surface area contributed by atoms with E-state index in [1.165, 1.54) is 17.7 Å². The molecule has 1 saturated heterocycles. The number of piperidine rings is 1. The molecule has 0 unspecified atom stereocenters. The molecule has 1 amide bonds. The molecule has 5 rings (SSSR count). The van der Waals surface area contributed by atoms with Crippen molar-refractivity contribution in [2.45, 2.75) is 38.6 Å². The number of aromatic nitrogens is 3. The Labute approximate surface area is 193 Å². The lowest BCUT2D eigenvalue weighted by atomic mass is 10.0. The number of fused-ring (bicyclic) bond motifs is 1. The largest absolute Gasteiger partial charge is 0.443 e. The molecule has 0 spiro atoms. The van der Waals surface area contributed by atoms with Crippen molar-refractivity contribution in [3.63, 3.8) is 0 Å². The van der Waals surface area contributed by atoms with Gasteiger partial charge in [0, 0.05) is 18.0 Å². The van der Waals surface area contributed by atoms with Gasteiger partial charge in [0.2, 0.25) is 5.89 Å². The first-order valence-corrected chi connectivity index (χ1v) is 11.7. The molecule has 1 atom stereocenters. The van der Waals surface area contributed by atoms with E-state index in [2.05, 4.69) is 15.0 Å². The van der Waals surface area contributed by atoms with Gasteiger partial charge in [0.15, 0.2) is 0 Å². The molecule has 0 aliphatic carbocycles. The van der Waals surface area contributed by atoms with E-state index in [1.807, 2.05) is 29.2 Å². The van der Waals surface area contributed by atoms with Crippen LogP contribution in [0.1, 0.15) is 57.8 Å². The summed E-state index contributed by atoms with van der Waals surface area (Å²) in [5.74, 6) is 1.17. The van der Waals surface area contributed by atoms with Crippen molar-refractivity contribution in [2.75, 3.05) is 6.54 Å². The molecule has 4 heterocycles. The minimum absolute atomic E-state index is 0.107. The van der Waals surface area contributed by atoms with Crippen LogP contribution in [0.25, 0.3) is 10.2 Å². The van der Waals surface area contributed by atoms with E-state index in [-0.39, 0.29) is 17.5 Å². The van der Waals surface area contributed by atoms with Crippen molar-refractivity contribution in [3.05, 3.63) is 79.8 Å². The molecular weight excluding hydrogens is 448 g/mol. The summed E-state index contributed by atoms with van der Waals surface area (Å²) >= 11 is 7.35. The van der Waals surface area contributed by atoms with Gasteiger partial charge in [0.05, 0.1) is 22.8 Å². The molecule has 0 saturated carbocycles. The van der Waals surface area contributed by atoms with Gasteiger partial charge >= 0.3 is 0 Å². The second kappa shape index (κ2) is 8.52. The van der Waals surface area contributed by atoms with Crippen molar-refractivity contribution < 1.29 is 9.21 Å². The third-order valence-corrected chi connectivity index (χ3v) is 7.24. The van der Waals surface area contributed by atoms with Crippen LogP contribution in [0, 0.1) is 6.92 Å². The summed E-state index contributed by atoms with van der Waals surface area (Å²) in [6.45, 7) is 2.42. The van der Waals surface area contributed by atoms with Crippen LogP contribution in [0.4, 0.5) is 0 Å². The van der Waals surface area contributed by atoms with E-state index >= 15 is 0 Å². The van der Waals surface area contributed by atoms with Gasteiger partial charge in [0.1, 0.15) is 16.6 Å². The zero-order chi connectivity index (χ0) is 22.2. The van der Waals surface area contributed by atoms with Crippen LogP contribution >= 0.6 is 22.9 Å². The van der Waals surface area contributed by atoms with Crippen LogP contribution in [-0.2, 0) is 6.42 Å². The fourth-order valence-corrected chi connectivity index (χ4v) is 5.57. The van der Waals surface area contributed by atoms with E-state index in [0.717, 1.165) is 30.6 Å². The highest BCUT2D eigenvalue weighted by molar-refractivity contribution is 7.20. The molecule has 1 aliphatic rings. The van der Waals surface area contributed by atoms with Gasteiger partial charge in [0.25, 0.3) is 11.5 Å². The standard InChI is InChI=1S/C23H21ClN4O3S/c1-13-18-20(29)26-12-27-22(18)32-19(13)23(30)28-8-3-2-7-17(28)21-25-11-16(31-21)10-14-5-4-6-15(24)9-14/h4-6,9,11-12,17H,2-3,7-8,10H2,1H3,(H,26,27,29)/t17-/m1/s1. The molecule has 0 bridgehead atoms. The fourth-order valence-electron chi connectivity index (χ4n) is 4.25. The molecular formula is C23H21ClN4O3S. The highest BCUT2D eigenvalue weighted by Crippen LogP contribution is 2.35. The highest BCUT2D eigenvalue weighted by atomic mass is 35.5. The molecule has 32 heavy (non-hydrogen) atoms. The van der Waals surface area contributed by atoms with Gasteiger partial charge in [-0.3, -0.25) is 9.59 Å². The summed E-state index contributed by atoms with van der Waals surface area (Å²) in [5.41, 5.74) is 1.48. The van der Waals surface area contributed by atoms with E-state index in [9.17, 15) is 9.59 Å². The Morgan fingerprint density at radius 2 is 2.22 bits per heavy atom. The van der Waals surface area contributed by atoms with Gasteiger partial charge in [-0.05, 0) is 49.4 Å². The number of amides is 1. The van der Waals surface area contributed by atoms with Gasteiger partial charge in [-0.25, -0.2) is 9.97 Å². The molecule has 164 valence electrons. The molecule has 3 aromatic heterocycles. The summed E-state index contributed by atoms with van der Waals surface area (Å²) in [7, 11) is 0. The highest BCUT2D eigenvalue weighted by Gasteiger charge is 2.34. The minimum atomic E-state index is -0.236. The molecule has 7 nitrogen and oxygen atoms in total. The molecule has 1 N–H and O–H groups in total. The van der Waals surface area contributed by atoms with Crippen molar-refractivity contribution >= 4 is 39.1 Å². The van der Waals surface area contributed by atoms with Crippen molar-refractivity contribution in [1.29, 1.82) is 0 Å². The maximum Gasteiger partial charge on any atom is 0.264 e. The summed E-state index contributed by atoms with van der Waals surface area (Å²) < 4.78 is 6.08. The van der Waals surface area contributed by atoms with Crippen molar-refractivity contribution in [3.8, 4) is 0 Å². The smallest absolute Gasteiger partial charge is 0.264 e. The van der Waals surface area contributed by atoms with Crippen LogP contribution in [0.15, 0.2) is 46.0 Å². The van der Waals surface area contributed by atoms with Crippen LogP contribution in [0.3, 0.4) is 0 Å².